The third-order valence-corrected chi connectivity index (χ3v) is 3.38. The molecule has 1 aromatic rings. The Labute approximate surface area is 89.5 Å². The van der Waals surface area contributed by atoms with Gasteiger partial charge in [0.2, 0.25) is 0 Å². The van der Waals surface area contributed by atoms with Crippen LogP contribution in [0.25, 0.3) is 0 Å². The van der Waals surface area contributed by atoms with Gasteiger partial charge in [0, 0.05) is 0 Å². The van der Waals surface area contributed by atoms with E-state index >= 15 is 0 Å². The highest BCUT2D eigenvalue weighted by Crippen LogP contribution is 2.50. The van der Waals surface area contributed by atoms with Crippen molar-refractivity contribution in [1.82, 2.24) is 0 Å². The Morgan fingerprint density at radius 3 is 2.79 bits per heavy atom. The summed E-state index contributed by atoms with van der Waals surface area (Å²) in [5, 5.41) is 18.2. The molecule has 4 heteroatoms. The van der Waals surface area contributed by atoms with Crippen LogP contribution in [0.4, 0.5) is 0 Å². The van der Waals surface area contributed by atoms with Crippen LogP contribution in [0.3, 0.4) is 0 Å². The molecule has 0 saturated heterocycles. The van der Waals surface area contributed by atoms with Crippen LogP contribution in [0.2, 0.25) is 0 Å². The number of carbonyl (C=O) groups is 1. The molecular weight excluding hydrogens is 248 g/mol. The molecule has 1 aliphatic carbocycles. The largest absolute Gasteiger partial charge is 0.507 e. The highest BCUT2D eigenvalue weighted by atomic mass is 79.9. The van der Waals surface area contributed by atoms with Gasteiger partial charge in [-0.05, 0) is 39.9 Å². The van der Waals surface area contributed by atoms with E-state index in [9.17, 15) is 9.90 Å². The number of rotatable bonds is 2. The zero-order chi connectivity index (χ0) is 10.3. The van der Waals surface area contributed by atoms with E-state index in [1.807, 2.05) is 6.07 Å². The molecule has 0 aliphatic heterocycles. The molecule has 1 fully saturated rings. The fourth-order valence-electron chi connectivity index (χ4n) is 1.64. The van der Waals surface area contributed by atoms with Gasteiger partial charge in [0.05, 0.1) is 10.4 Å². The van der Waals surface area contributed by atoms with Crippen molar-refractivity contribution in [3.8, 4) is 5.75 Å². The highest BCUT2D eigenvalue weighted by molar-refractivity contribution is 9.10. The molecule has 2 rings (SSSR count). The van der Waals surface area contributed by atoms with Gasteiger partial charge in [-0.2, -0.15) is 0 Å². The lowest BCUT2D eigenvalue weighted by Crippen LogP contribution is -1.99. The fraction of sp³-hybridized carbons (Fsp3) is 0.300. The number of benzene rings is 1. The van der Waals surface area contributed by atoms with Crippen LogP contribution in [0.1, 0.15) is 17.9 Å². The van der Waals surface area contributed by atoms with E-state index < -0.39 is 5.97 Å². The zero-order valence-corrected chi connectivity index (χ0v) is 8.86. The average molecular weight is 257 g/mol. The van der Waals surface area contributed by atoms with Crippen LogP contribution >= 0.6 is 15.9 Å². The first-order chi connectivity index (χ1) is 6.61. The maximum absolute atomic E-state index is 10.7. The highest BCUT2D eigenvalue weighted by Gasteiger charge is 2.45. The smallest absolute Gasteiger partial charge is 0.307 e. The molecular formula is C10H9BrO3. The Morgan fingerprint density at radius 2 is 2.21 bits per heavy atom. The molecule has 0 radical (unpaired) electrons. The van der Waals surface area contributed by atoms with Crippen molar-refractivity contribution in [3.63, 3.8) is 0 Å². The van der Waals surface area contributed by atoms with Crippen LogP contribution in [-0.4, -0.2) is 16.2 Å². The zero-order valence-electron chi connectivity index (χ0n) is 7.27. The predicted octanol–water partition coefficient (Wildman–Crippen LogP) is 2.34. The predicted molar refractivity (Wildman–Crippen MR) is 54.3 cm³/mol. The van der Waals surface area contributed by atoms with Crippen molar-refractivity contribution in [2.75, 3.05) is 0 Å². The summed E-state index contributed by atoms with van der Waals surface area (Å²) >= 11 is 3.25. The Bertz CT molecular complexity index is 389. The molecule has 0 amide bonds. The molecule has 0 heterocycles. The minimum absolute atomic E-state index is 0.0500. The summed E-state index contributed by atoms with van der Waals surface area (Å²) in [6, 6.07) is 5.15. The van der Waals surface area contributed by atoms with Crippen LogP contribution in [0.5, 0.6) is 5.75 Å². The van der Waals surface area contributed by atoms with Gasteiger partial charge < -0.3 is 10.2 Å². The Balaban J connectivity index is 2.27. The van der Waals surface area contributed by atoms with Gasteiger partial charge in [0.15, 0.2) is 0 Å². The summed E-state index contributed by atoms with van der Waals surface area (Å²) in [6.45, 7) is 0. The average Bonchev–Trinajstić information content (AvgIpc) is 2.89. The normalized spacial score (nSPS) is 24.6. The molecule has 1 aromatic carbocycles. The van der Waals surface area contributed by atoms with E-state index in [2.05, 4.69) is 15.9 Å². The molecule has 2 atom stereocenters. The van der Waals surface area contributed by atoms with Crippen molar-refractivity contribution >= 4 is 21.9 Å². The van der Waals surface area contributed by atoms with E-state index in [1.54, 1.807) is 12.1 Å². The lowest BCUT2D eigenvalue weighted by atomic mass is 10.1. The van der Waals surface area contributed by atoms with E-state index in [0.29, 0.717) is 10.9 Å². The van der Waals surface area contributed by atoms with Crippen molar-refractivity contribution in [1.29, 1.82) is 0 Å². The number of aromatic hydroxyl groups is 1. The third kappa shape index (κ3) is 1.50. The van der Waals surface area contributed by atoms with E-state index in [4.69, 9.17) is 5.11 Å². The third-order valence-electron chi connectivity index (χ3n) is 2.52. The minimum atomic E-state index is -0.759. The molecule has 14 heavy (non-hydrogen) atoms. The molecule has 1 saturated carbocycles. The lowest BCUT2D eigenvalue weighted by Gasteiger charge is -2.03. The second kappa shape index (κ2) is 3.28. The molecule has 0 bridgehead atoms. The van der Waals surface area contributed by atoms with Crippen LogP contribution < -0.4 is 0 Å². The maximum atomic E-state index is 10.7. The van der Waals surface area contributed by atoms with Crippen molar-refractivity contribution in [3.05, 3.63) is 28.2 Å². The van der Waals surface area contributed by atoms with Crippen LogP contribution in [-0.2, 0) is 4.79 Å². The monoisotopic (exact) mass is 256 g/mol. The Hall–Kier alpha value is -1.03. The number of phenolic OH excluding ortho intramolecular Hbond substituents is 1. The van der Waals surface area contributed by atoms with Gasteiger partial charge in [-0.15, -0.1) is 0 Å². The number of hydrogen-bond donors (Lipinski definition) is 2. The minimum Gasteiger partial charge on any atom is -0.507 e. The Morgan fingerprint density at radius 1 is 1.50 bits per heavy atom. The molecule has 0 spiro atoms. The summed E-state index contributed by atoms with van der Waals surface area (Å²) in [4.78, 5) is 10.7. The fourth-order valence-corrected chi connectivity index (χ4v) is 2.19. The Kier molecular flexibility index (Phi) is 2.23. The number of halogens is 1. The summed E-state index contributed by atoms with van der Waals surface area (Å²) in [7, 11) is 0. The first kappa shape index (κ1) is 9.52. The second-order valence-electron chi connectivity index (χ2n) is 3.47. The maximum Gasteiger partial charge on any atom is 0.307 e. The van der Waals surface area contributed by atoms with Crippen molar-refractivity contribution < 1.29 is 15.0 Å². The van der Waals surface area contributed by atoms with Gasteiger partial charge in [0.25, 0.3) is 0 Å². The first-order valence-electron chi connectivity index (χ1n) is 4.31. The van der Waals surface area contributed by atoms with Gasteiger partial charge >= 0.3 is 5.97 Å². The SMILES string of the molecule is O=C(O)[C@@H]1C[C@H]1c1cccc(O)c1Br. The number of aliphatic carboxylic acids is 1. The van der Waals surface area contributed by atoms with Gasteiger partial charge in [-0.3, -0.25) is 4.79 Å². The van der Waals surface area contributed by atoms with E-state index in [0.717, 1.165) is 5.56 Å². The molecule has 2 N–H and O–H groups in total. The van der Waals surface area contributed by atoms with Crippen molar-refractivity contribution in [2.24, 2.45) is 5.92 Å². The molecule has 0 unspecified atom stereocenters. The van der Waals surface area contributed by atoms with Crippen LogP contribution in [0.15, 0.2) is 22.7 Å². The number of phenols is 1. The van der Waals surface area contributed by atoms with Crippen LogP contribution in [0, 0.1) is 5.92 Å². The molecule has 74 valence electrons. The van der Waals surface area contributed by atoms with Gasteiger partial charge in [0.1, 0.15) is 5.75 Å². The molecule has 3 nitrogen and oxygen atoms in total. The number of carboxylic acid groups (broad SMARTS) is 1. The number of carboxylic acids is 1. The van der Waals surface area contributed by atoms with E-state index in [-0.39, 0.29) is 17.6 Å². The standard InChI is InChI=1S/C10H9BrO3/c11-9-5(2-1-3-8(9)12)6-4-7(6)10(13)14/h1-3,6-7,12H,4H2,(H,13,14)/t6-,7+/m0/s1. The first-order valence-corrected chi connectivity index (χ1v) is 5.10. The van der Waals surface area contributed by atoms with E-state index in [1.165, 1.54) is 0 Å². The van der Waals surface area contributed by atoms with Gasteiger partial charge in [-0.25, -0.2) is 0 Å². The number of hydrogen-bond acceptors (Lipinski definition) is 2. The summed E-state index contributed by atoms with van der Waals surface area (Å²) in [5.74, 6) is -0.828. The molecule has 1 aliphatic rings. The van der Waals surface area contributed by atoms with Gasteiger partial charge in [-0.1, -0.05) is 12.1 Å². The summed E-state index contributed by atoms with van der Waals surface area (Å²) in [5.41, 5.74) is 0.886. The summed E-state index contributed by atoms with van der Waals surface area (Å²) < 4.78 is 0.619. The topological polar surface area (TPSA) is 57.5 Å². The molecule has 0 aromatic heterocycles. The summed E-state index contributed by atoms with van der Waals surface area (Å²) in [6.07, 6.45) is 0.664. The lowest BCUT2D eigenvalue weighted by molar-refractivity contribution is -0.138. The second-order valence-corrected chi connectivity index (χ2v) is 4.26. The quantitative estimate of drug-likeness (QED) is 0.854. The van der Waals surface area contributed by atoms with Crippen molar-refractivity contribution in [2.45, 2.75) is 12.3 Å².